The first-order valence-electron chi connectivity index (χ1n) is 21.2. The number of methoxy groups -OCH3 is 2. The number of amides is 4. The van der Waals surface area contributed by atoms with Crippen LogP contribution in [0.4, 0.5) is 9.59 Å². The van der Waals surface area contributed by atoms with Crippen LogP contribution < -0.4 is 15.4 Å². The fourth-order valence-electron chi connectivity index (χ4n) is 9.36. The highest BCUT2D eigenvalue weighted by atomic mass is 127. The maximum Gasteiger partial charge on any atom is 0.407 e. The van der Waals surface area contributed by atoms with Gasteiger partial charge in [-0.2, -0.15) is 0 Å². The smallest absolute Gasteiger partial charge is 0.407 e. The maximum atomic E-state index is 14.3. The SMILES string of the molecule is COC(=O)N[C@H](C(=O)N1[C@@H](C)CC[C@H]1c1ncc(-c2ccc3c(c2)COc2cc4c(ccc5[nH]c([C@@H]6CC[C@H](I)N6C(=O)[C@H](NC(=O)OC)c6ccccc6)nc54)cc2-3)[nH]1)C(C)C. The molecule has 326 valence electrons. The Morgan fingerprint density at radius 2 is 1.57 bits per heavy atom. The van der Waals surface area contributed by atoms with Crippen molar-refractivity contribution >= 4 is 68.4 Å². The molecule has 0 aliphatic carbocycles. The van der Waals surface area contributed by atoms with Crippen molar-refractivity contribution in [1.29, 1.82) is 0 Å². The van der Waals surface area contributed by atoms with Crippen LogP contribution in [0.5, 0.6) is 5.75 Å². The van der Waals surface area contributed by atoms with Crippen LogP contribution in [0.1, 0.15) is 87.4 Å². The minimum Gasteiger partial charge on any atom is -0.488 e. The summed E-state index contributed by atoms with van der Waals surface area (Å²) in [5.41, 5.74) is 7.19. The fraction of sp³-hybridized carbons (Fsp3) is 0.362. The molecule has 0 unspecified atom stereocenters. The van der Waals surface area contributed by atoms with E-state index in [4.69, 9.17) is 24.2 Å². The Hall–Kier alpha value is -6.17. The van der Waals surface area contributed by atoms with Crippen LogP contribution in [-0.2, 0) is 25.7 Å². The fourth-order valence-corrected chi connectivity index (χ4v) is 10.4. The van der Waals surface area contributed by atoms with Crippen LogP contribution in [0.2, 0.25) is 0 Å². The van der Waals surface area contributed by atoms with E-state index < -0.39 is 24.3 Å². The Labute approximate surface area is 377 Å². The van der Waals surface area contributed by atoms with Crippen molar-refractivity contribution in [3.63, 3.8) is 0 Å². The number of aromatic amines is 2. The van der Waals surface area contributed by atoms with Gasteiger partial charge in [-0.3, -0.25) is 9.59 Å². The largest absolute Gasteiger partial charge is 0.488 e. The van der Waals surface area contributed by atoms with E-state index in [-0.39, 0.29) is 39.9 Å². The lowest BCUT2D eigenvalue weighted by molar-refractivity contribution is -0.137. The molecule has 9 rings (SSSR count). The molecule has 6 atom stereocenters. The Kier molecular flexibility index (Phi) is 11.5. The number of halogens is 1. The highest BCUT2D eigenvalue weighted by molar-refractivity contribution is 14.1. The van der Waals surface area contributed by atoms with Gasteiger partial charge in [0.25, 0.3) is 5.91 Å². The van der Waals surface area contributed by atoms with Crippen LogP contribution in [0, 0.1) is 5.92 Å². The highest BCUT2D eigenvalue weighted by Gasteiger charge is 2.43. The summed E-state index contributed by atoms with van der Waals surface area (Å²) in [6.07, 6.45) is 3.55. The number of hydrogen-bond donors (Lipinski definition) is 4. The predicted octanol–water partition coefficient (Wildman–Crippen LogP) is 8.62. The summed E-state index contributed by atoms with van der Waals surface area (Å²) < 4.78 is 16.0. The Morgan fingerprint density at radius 3 is 2.33 bits per heavy atom. The maximum absolute atomic E-state index is 14.3. The summed E-state index contributed by atoms with van der Waals surface area (Å²) in [5, 5.41) is 7.41. The van der Waals surface area contributed by atoms with Crippen LogP contribution in [-0.4, -0.2) is 84.1 Å². The Morgan fingerprint density at radius 1 is 0.825 bits per heavy atom. The minimum absolute atomic E-state index is 0.0201. The number of carbonyl (C=O) groups is 4. The topological polar surface area (TPSA) is 184 Å². The third-order valence-corrected chi connectivity index (χ3v) is 13.8. The molecule has 3 aliphatic rings. The zero-order valence-electron chi connectivity index (χ0n) is 35.6. The number of likely N-dealkylation sites (tertiary alicyclic amines) is 2. The second kappa shape index (κ2) is 17.2. The van der Waals surface area contributed by atoms with E-state index in [2.05, 4.69) is 79.6 Å². The third kappa shape index (κ3) is 7.82. The van der Waals surface area contributed by atoms with Gasteiger partial charge in [-0.05, 0) is 90.4 Å². The molecule has 3 aliphatic heterocycles. The molecule has 63 heavy (non-hydrogen) atoms. The summed E-state index contributed by atoms with van der Waals surface area (Å²) >= 11 is 2.30. The van der Waals surface area contributed by atoms with Gasteiger partial charge in [0.2, 0.25) is 5.91 Å². The van der Waals surface area contributed by atoms with Gasteiger partial charge in [0.05, 0.1) is 53.3 Å². The monoisotopic (exact) mass is 964 g/mol. The lowest BCUT2D eigenvalue weighted by atomic mass is 9.92. The van der Waals surface area contributed by atoms with E-state index in [1.807, 2.05) is 73.2 Å². The van der Waals surface area contributed by atoms with Gasteiger partial charge in [-0.1, -0.05) is 85.0 Å². The Bertz CT molecular complexity index is 2740. The molecule has 0 saturated carbocycles. The number of alkyl halides is 1. The number of imidazole rings is 2. The van der Waals surface area contributed by atoms with Gasteiger partial charge in [0.15, 0.2) is 0 Å². The molecule has 4 amide bonds. The summed E-state index contributed by atoms with van der Waals surface area (Å²) in [6.45, 7) is 6.21. The van der Waals surface area contributed by atoms with Gasteiger partial charge in [0.1, 0.15) is 36.1 Å². The molecule has 2 fully saturated rings. The zero-order chi connectivity index (χ0) is 44.1. The number of ether oxygens (including phenoxy) is 3. The van der Waals surface area contributed by atoms with Crippen molar-refractivity contribution in [3.05, 3.63) is 102 Å². The quantitative estimate of drug-likeness (QED) is 0.0626. The molecule has 15 nitrogen and oxygen atoms in total. The van der Waals surface area contributed by atoms with E-state index in [9.17, 15) is 19.2 Å². The van der Waals surface area contributed by atoms with Crippen molar-refractivity contribution in [2.45, 2.75) is 87.3 Å². The first kappa shape index (κ1) is 42.1. The second-order valence-corrected chi connectivity index (χ2v) is 18.2. The summed E-state index contributed by atoms with van der Waals surface area (Å²) in [5.74, 6) is 1.63. The lowest BCUT2D eigenvalue weighted by Gasteiger charge is -2.32. The van der Waals surface area contributed by atoms with E-state index in [1.165, 1.54) is 14.2 Å². The van der Waals surface area contributed by atoms with Gasteiger partial charge in [0, 0.05) is 17.0 Å². The van der Waals surface area contributed by atoms with E-state index >= 15 is 0 Å². The van der Waals surface area contributed by atoms with Gasteiger partial charge < -0.3 is 44.6 Å². The number of benzene rings is 4. The minimum atomic E-state index is -0.924. The lowest BCUT2D eigenvalue weighted by Crippen LogP contribution is -2.52. The molecule has 2 aromatic heterocycles. The number of nitrogens with one attached hydrogen (secondary N) is 4. The molecule has 4 aromatic carbocycles. The molecule has 0 bridgehead atoms. The van der Waals surface area contributed by atoms with E-state index in [1.54, 1.807) is 0 Å². The van der Waals surface area contributed by atoms with Crippen molar-refractivity contribution in [3.8, 4) is 28.1 Å². The molecule has 4 N–H and O–H groups in total. The number of rotatable bonds is 9. The first-order chi connectivity index (χ1) is 30.4. The van der Waals surface area contributed by atoms with Crippen LogP contribution in [0.15, 0.2) is 79.0 Å². The second-order valence-electron chi connectivity index (χ2n) is 16.8. The number of nitrogens with zero attached hydrogens (tertiary/aromatic N) is 4. The standard InChI is InChI=1S/C47H49IN8O7/c1-24(2)39(53-46(59)61-4)44(57)55-25(3)11-16-35(55)42-49-22-34(51-42)28-12-14-30-29(19-28)23-63-37-21-31-27(20-32(30)37)13-15-33-41(31)52-43(50-33)36-17-18-38(48)56(36)45(58)40(54-47(60)62-5)26-9-7-6-8-10-26/h6-10,12-15,19-22,24-25,35-36,38-40H,11,16-18,23H2,1-5H3,(H,49,51)(H,50,52)(H,53,59)(H,54,60)/t25-,35-,36-,38+,39-,40+/m0/s1. The van der Waals surface area contributed by atoms with E-state index in [0.717, 1.165) is 74.8 Å². The van der Waals surface area contributed by atoms with Gasteiger partial charge in [-0.25, -0.2) is 19.6 Å². The third-order valence-electron chi connectivity index (χ3n) is 12.6. The molecule has 0 radical (unpaired) electrons. The number of carbonyl (C=O) groups excluding carboxylic acids is 4. The number of alkyl carbamates (subject to hydrolysis) is 2. The van der Waals surface area contributed by atoms with Crippen LogP contribution in [0.3, 0.4) is 0 Å². The van der Waals surface area contributed by atoms with Gasteiger partial charge >= 0.3 is 12.2 Å². The first-order valence-corrected chi connectivity index (χ1v) is 22.5. The normalized spacial score (nSPS) is 20.2. The molecule has 2 saturated heterocycles. The van der Waals surface area contributed by atoms with Crippen molar-refractivity contribution in [2.24, 2.45) is 5.92 Å². The molecular formula is C47H49IN8O7. The summed E-state index contributed by atoms with van der Waals surface area (Å²) in [4.78, 5) is 73.3. The number of fused-ring (bicyclic) bond motifs is 6. The van der Waals surface area contributed by atoms with Crippen LogP contribution >= 0.6 is 22.6 Å². The molecule has 6 aromatic rings. The zero-order valence-corrected chi connectivity index (χ0v) is 37.8. The molecule has 0 spiro atoms. The van der Waals surface area contributed by atoms with Crippen molar-refractivity contribution in [2.75, 3.05) is 14.2 Å². The summed E-state index contributed by atoms with van der Waals surface area (Å²) in [6, 6.07) is 21.6. The van der Waals surface area contributed by atoms with Crippen molar-refractivity contribution < 1.29 is 33.4 Å². The van der Waals surface area contributed by atoms with Gasteiger partial charge in [-0.15, -0.1) is 0 Å². The number of aromatic nitrogens is 4. The van der Waals surface area contributed by atoms with Crippen LogP contribution in [0.25, 0.3) is 44.2 Å². The average Bonchev–Trinajstić information content (AvgIpc) is 4.12. The number of H-pyrrole nitrogens is 2. The summed E-state index contributed by atoms with van der Waals surface area (Å²) in [7, 11) is 2.57. The molecule has 16 heteroatoms. The van der Waals surface area contributed by atoms with Crippen molar-refractivity contribution in [1.82, 2.24) is 40.4 Å². The average molecular weight is 965 g/mol. The molecular weight excluding hydrogens is 915 g/mol. The highest BCUT2D eigenvalue weighted by Crippen LogP contribution is 2.45. The Balaban J connectivity index is 0.973. The predicted molar refractivity (Wildman–Crippen MR) is 245 cm³/mol. The molecule has 5 heterocycles. The number of hydrogen-bond acceptors (Lipinski definition) is 9. The van der Waals surface area contributed by atoms with E-state index in [0.29, 0.717) is 30.2 Å².